The van der Waals surface area contributed by atoms with Crippen LogP contribution in [-0.4, -0.2) is 19.7 Å². The molecule has 0 aliphatic rings. The van der Waals surface area contributed by atoms with Gasteiger partial charge in [-0.25, -0.2) is 4.98 Å². The number of nitrogen functional groups attached to an aromatic ring is 1. The molecule has 0 atom stereocenters. The lowest BCUT2D eigenvalue weighted by Crippen LogP contribution is -2.05. The van der Waals surface area contributed by atoms with E-state index < -0.39 is 0 Å². The van der Waals surface area contributed by atoms with Crippen LogP contribution in [0.1, 0.15) is 5.89 Å². The van der Waals surface area contributed by atoms with Crippen molar-refractivity contribution in [2.24, 2.45) is 0 Å². The van der Waals surface area contributed by atoms with Crippen LogP contribution in [0, 0.1) is 0 Å². The first-order chi connectivity index (χ1) is 8.74. The maximum absolute atomic E-state index is 5.92. The fourth-order valence-electron chi connectivity index (χ4n) is 1.87. The molecule has 2 heterocycles. The number of rotatable bonds is 3. The highest BCUT2D eigenvalue weighted by Crippen LogP contribution is 2.21. The Morgan fingerprint density at radius 1 is 1.39 bits per heavy atom. The van der Waals surface area contributed by atoms with E-state index in [1.165, 1.54) is 6.33 Å². The molecule has 3 rings (SSSR count). The van der Waals surface area contributed by atoms with Crippen LogP contribution in [0.25, 0.3) is 11.0 Å². The Balaban J connectivity index is 1.93. The molecule has 0 amide bonds. The first-order valence-electron chi connectivity index (χ1n) is 5.41. The lowest BCUT2D eigenvalue weighted by Gasteiger charge is -2.03. The summed E-state index contributed by atoms with van der Waals surface area (Å²) < 4.78 is 6.84. The number of nitrogens with two attached hydrogens (primary N) is 1. The zero-order valence-electron chi connectivity index (χ0n) is 9.38. The molecule has 1 aromatic carbocycles. The second-order valence-corrected chi connectivity index (χ2v) is 4.28. The molecule has 2 aromatic heterocycles. The van der Waals surface area contributed by atoms with Gasteiger partial charge in [-0.2, -0.15) is 4.98 Å². The summed E-state index contributed by atoms with van der Waals surface area (Å²) in [7, 11) is 0. The van der Waals surface area contributed by atoms with Crippen molar-refractivity contribution in [3.05, 3.63) is 35.4 Å². The van der Waals surface area contributed by atoms with E-state index in [0.29, 0.717) is 29.8 Å². The normalized spacial score (nSPS) is 11.2. The number of benzene rings is 1. The summed E-state index contributed by atoms with van der Waals surface area (Å²) in [4.78, 5) is 8.23. The van der Waals surface area contributed by atoms with E-state index in [-0.39, 0.29) is 0 Å². The Bertz CT molecular complexity index is 676. The fourth-order valence-corrected chi connectivity index (χ4v) is 2.04. The Kier molecular flexibility index (Phi) is 2.64. The van der Waals surface area contributed by atoms with Gasteiger partial charge in [0.2, 0.25) is 11.8 Å². The van der Waals surface area contributed by atoms with Gasteiger partial charge in [0.05, 0.1) is 11.0 Å². The molecule has 0 saturated carbocycles. The van der Waals surface area contributed by atoms with Gasteiger partial charge in [-0.15, -0.1) is 0 Å². The van der Waals surface area contributed by atoms with Crippen molar-refractivity contribution in [1.82, 2.24) is 19.7 Å². The van der Waals surface area contributed by atoms with Gasteiger partial charge in [-0.1, -0.05) is 16.8 Å². The third-order valence-corrected chi connectivity index (χ3v) is 2.93. The van der Waals surface area contributed by atoms with E-state index in [2.05, 4.69) is 15.1 Å². The van der Waals surface area contributed by atoms with Gasteiger partial charge in [0, 0.05) is 18.0 Å². The van der Waals surface area contributed by atoms with E-state index >= 15 is 0 Å². The predicted molar refractivity (Wildman–Crippen MR) is 67.2 cm³/mol. The van der Waals surface area contributed by atoms with Crippen LogP contribution in [0.5, 0.6) is 0 Å². The number of aromatic nitrogens is 4. The molecule has 0 spiro atoms. The minimum atomic E-state index is 0.451. The third-order valence-electron chi connectivity index (χ3n) is 2.70. The van der Waals surface area contributed by atoms with Crippen LogP contribution in [0.4, 0.5) is 5.95 Å². The van der Waals surface area contributed by atoms with E-state index in [1.807, 2.05) is 16.7 Å². The molecule has 0 saturated heterocycles. The van der Waals surface area contributed by atoms with Gasteiger partial charge in [-0.05, 0) is 18.2 Å². The summed E-state index contributed by atoms with van der Waals surface area (Å²) >= 11 is 5.92. The first-order valence-corrected chi connectivity index (χ1v) is 5.78. The number of hydrogen-bond acceptors (Lipinski definition) is 5. The number of aryl methyl sites for hydroxylation is 2. The Labute approximate surface area is 107 Å². The Morgan fingerprint density at radius 3 is 3.06 bits per heavy atom. The van der Waals surface area contributed by atoms with Crippen molar-refractivity contribution in [2.75, 3.05) is 5.73 Å². The molecule has 18 heavy (non-hydrogen) atoms. The topological polar surface area (TPSA) is 82.8 Å². The summed E-state index contributed by atoms with van der Waals surface area (Å²) in [6.07, 6.45) is 1.99. The lowest BCUT2D eigenvalue weighted by molar-refractivity contribution is 0.372. The summed E-state index contributed by atoms with van der Waals surface area (Å²) in [6, 6.07) is 5.50. The first kappa shape index (κ1) is 11.0. The highest BCUT2D eigenvalue weighted by atomic mass is 35.5. The number of nitrogens with zero attached hydrogens (tertiary/aromatic N) is 4. The van der Waals surface area contributed by atoms with Crippen molar-refractivity contribution < 1.29 is 4.52 Å². The smallest absolute Gasteiger partial charge is 0.228 e. The van der Waals surface area contributed by atoms with Gasteiger partial charge >= 0.3 is 0 Å². The molecule has 7 heteroatoms. The standard InChI is InChI=1S/C11H10ClN5O/c12-7-1-2-9-8(5-7)16-11(13)17(9)4-3-10-14-6-15-18-10/h1-2,5-6H,3-4H2,(H2,13,16). The average molecular weight is 264 g/mol. The van der Waals surface area contributed by atoms with E-state index in [9.17, 15) is 0 Å². The van der Waals surface area contributed by atoms with E-state index in [1.54, 1.807) is 6.07 Å². The minimum Gasteiger partial charge on any atom is -0.369 e. The molecule has 0 aliphatic heterocycles. The molecule has 3 aromatic rings. The molecular formula is C11H10ClN5O. The number of imidazole rings is 1. The van der Waals surface area contributed by atoms with Crippen molar-refractivity contribution in [1.29, 1.82) is 0 Å². The van der Waals surface area contributed by atoms with Gasteiger partial charge in [0.1, 0.15) is 0 Å². The van der Waals surface area contributed by atoms with Crippen LogP contribution in [-0.2, 0) is 13.0 Å². The molecule has 0 radical (unpaired) electrons. The highest BCUT2D eigenvalue weighted by Gasteiger charge is 2.09. The maximum Gasteiger partial charge on any atom is 0.228 e. The zero-order valence-corrected chi connectivity index (χ0v) is 10.1. The third kappa shape index (κ3) is 1.91. The van der Waals surface area contributed by atoms with Gasteiger partial charge < -0.3 is 14.8 Å². The second kappa shape index (κ2) is 4.30. The molecule has 0 fully saturated rings. The van der Waals surface area contributed by atoms with Crippen LogP contribution >= 0.6 is 11.6 Å². The molecule has 0 aliphatic carbocycles. The van der Waals surface area contributed by atoms with Gasteiger partial charge in [0.15, 0.2) is 6.33 Å². The van der Waals surface area contributed by atoms with Crippen LogP contribution in [0.2, 0.25) is 5.02 Å². The zero-order chi connectivity index (χ0) is 12.5. The Morgan fingerprint density at radius 2 is 2.28 bits per heavy atom. The summed E-state index contributed by atoms with van der Waals surface area (Å²) in [6.45, 7) is 0.631. The molecule has 0 unspecified atom stereocenters. The van der Waals surface area contributed by atoms with Gasteiger partial charge in [0.25, 0.3) is 0 Å². The monoisotopic (exact) mass is 263 g/mol. The van der Waals surface area contributed by atoms with Crippen molar-refractivity contribution in [3.8, 4) is 0 Å². The molecular weight excluding hydrogens is 254 g/mol. The minimum absolute atomic E-state index is 0.451. The maximum atomic E-state index is 5.92. The Hall–Kier alpha value is -2.08. The number of halogens is 1. The molecule has 2 N–H and O–H groups in total. The summed E-state index contributed by atoms with van der Waals surface area (Å²) in [5, 5.41) is 4.20. The van der Waals surface area contributed by atoms with Crippen molar-refractivity contribution >= 4 is 28.6 Å². The van der Waals surface area contributed by atoms with Crippen molar-refractivity contribution in [3.63, 3.8) is 0 Å². The van der Waals surface area contributed by atoms with Crippen LogP contribution in [0.15, 0.2) is 29.0 Å². The SMILES string of the molecule is Nc1nc2cc(Cl)ccc2n1CCc1ncno1. The second-order valence-electron chi connectivity index (χ2n) is 3.84. The average Bonchev–Trinajstić information content (AvgIpc) is 2.93. The number of anilines is 1. The number of hydrogen-bond donors (Lipinski definition) is 1. The van der Waals surface area contributed by atoms with Crippen LogP contribution in [0.3, 0.4) is 0 Å². The molecule has 0 bridgehead atoms. The molecule has 6 nitrogen and oxygen atoms in total. The van der Waals surface area contributed by atoms with E-state index in [0.717, 1.165) is 11.0 Å². The lowest BCUT2D eigenvalue weighted by atomic mass is 10.3. The van der Waals surface area contributed by atoms with Crippen LogP contribution < -0.4 is 5.73 Å². The summed E-state index contributed by atoms with van der Waals surface area (Å²) in [5.41, 5.74) is 7.61. The molecule has 92 valence electrons. The van der Waals surface area contributed by atoms with Gasteiger partial charge in [-0.3, -0.25) is 0 Å². The number of fused-ring (bicyclic) bond motifs is 1. The summed E-state index contributed by atoms with van der Waals surface area (Å²) in [5.74, 6) is 1.02. The quantitative estimate of drug-likeness (QED) is 0.780. The predicted octanol–water partition coefficient (Wildman–Crippen LogP) is 1.90. The largest absolute Gasteiger partial charge is 0.369 e. The van der Waals surface area contributed by atoms with Crippen molar-refractivity contribution in [2.45, 2.75) is 13.0 Å². The van der Waals surface area contributed by atoms with E-state index in [4.69, 9.17) is 21.9 Å². The fraction of sp³-hybridized carbons (Fsp3) is 0.182. The highest BCUT2D eigenvalue weighted by molar-refractivity contribution is 6.31.